The number of rotatable bonds is 8. The van der Waals surface area contributed by atoms with Crippen LogP contribution in [0.4, 0.5) is 0 Å². The molecular formula is C17H25ClN2O3. The summed E-state index contributed by atoms with van der Waals surface area (Å²) < 4.78 is 10.9. The van der Waals surface area contributed by atoms with Crippen LogP contribution in [0.3, 0.4) is 0 Å². The lowest BCUT2D eigenvalue weighted by Crippen LogP contribution is -2.41. The van der Waals surface area contributed by atoms with Gasteiger partial charge < -0.3 is 14.8 Å². The molecule has 0 aromatic heterocycles. The Balaban J connectivity index is 1.53. The minimum absolute atomic E-state index is 0.0779. The van der Waals surface area contributed by atoms with Crippen molar-refractivity contribution in [3.63, 3.8) is 0 Å². The number of carbonyl (C=O) groups excluding carboxylic acids is 1. The van der Waals surface area contributed by atoms with E-state index in [4.69, 9.17) is 21.1 Å². The number of benzene rings is 1. The fraction of sp³-hybridized carbons (Fsp3) is 0.588. The Morgan fingerprint density at radius 1 is 1.39 bits per heavy atom. The second-order valence-electron chi connectivity index (χ2n) is 5.67. The van der Waals surface area contributed by atoms with E-state index in [-0.39, 0.29) is 5.91 Å². The number of halogens is 1. The largest absolute Gasteiger partial charge is 0.494 e. The van der Waals surface area contributed by atoms with Crippen molar-refractivity contribution in [3.8, 4) is 5.75 Å². The van der Waals surface area contributed by atoms with Gasteiger partial charge in [-0.25, -0.2) is 0 Å². The Kier molecular flexibility index (Phi) is 7.65. The summed E-state index contributed by atoms with van der Waals surface area (Å²) in [6.07, 6.45) is 1.18. The highest BCUT2D eigenvalue weighted by atomic mass is 35.5. The summed E-state index contributed by atoms with van der Waals surface area (Å²) in [7, 11) is 0. The summed E-state index contributed by atoms with van der Waals surface area (Å²) in [6.45, 7) is 7.51. The Hall–Kier alpha value is -1.30. The maximum absolute atomic E-state index is 11.8. The van der Waals surface area contributed by atoms with Crippen molar-refractivity contribution in [2.45, 2.75) is 19.8 Å². The standard InChI is InChI=1S/C17H25ClN2O3/c1-14-13-15(4-5-16(14)18)23-10-2-3-17(21)19-6-7-20-8-11-22-12-9-20/h4-5,13H,2-3,6-12H2,1H3,(H,19,21). The SMILES string of the molecule is Cc1cc(OCCCC(=O)NCCN2CCOCC2)ccc1Cl. The number of nitrogens with one attached hydrogen (secondary N) is 1. The average Bonchev–Trinajstić information content (AvgIpc) is 2.56. The lowest BCUT2D eigenvalue weighted by atomic mass is 10.2. The third-order valence-corrected chi connectivity index (χ3v) is 4.22. The molecule has 0 bridgehead atoms. The van der Waals surface area contributed by atoms with E-state index >= 15 is 0 Å². The van der Waals surface area contributed by atoms with E-state index < -0.39 is 0 Å². The minimum atomic E-state index is 0.0779. The van der Waals surface area contributed by atoms with Gasteiger partial charge in [0.15, 0.2) is 0 Å². The van der Waals surface area contributed by atoms with E-state index in [1.54, 1.807) is 0 Å². The molecule has 23 heavy (non-hydrogen) atoms. The van der Waals surface area contributed by atoms with E-state index in [0.29, 0.717) is 26.0 Å². The van der Waals surface area contributed by atoms with E-state index in [2.05, 4.69) is 10.2 Å². The molecule has 2 rings (SSSR count). The monoisotopic (exact) mass is 340 g/mol. The molecular weight excluding hydrogens is 316 g/mol. The molecule has 1 N–H and O–H groups in total. The Bertz CT molecular complexity index is 505. The van der Waals surface area contributed by atoms with Gasteiger partial charge in [-0.1, -0.05) is 11.6 Å². The second-order valence-corrected chi connectivity index (χ2v) is 6.07. The Labute approximate surface area is 142 Å². The van der Waals surface area contributed by atoms with Gasteiger partial charge >= 0.3 is 0 Å². The smallest absolute Gasteiger partial charge is 0.220 e. The van der Waals surface area contributed by atoms with Crippen molar-refractivity contribution in [2.75, 3.05) is 46.0 Å². The summed E-state index contributed by atoms with van der Waals surface area (Å²) in [5.41, 5.74) is 0.991. The first-order chi connectivity index (χ1) is 11.1. The molecule has 0 saturated carbocycles. The van der Waals surface area contributed by atoms with Crippen LogP contribution in [0.5, 0.6) is 5.75 Å². The van der Waals surface area contributed by atoms with E-state index in [0.717, 1.165) is 49.2 Å². The maximum Gasteiger partial charge on any atom is 0.220 e. The molecule has 0 spiro atoms. The first-order valence-corrected chi connectivity index (χ1v) is 8.49. The van der Waals surface area contributed by atoms with Gasteiger partial charge in [0.05, 0.1) is 19.8 Å². The van der Waals surface area contributed by atoms with Crippen molar-refractivity contribution in [3.05, 3.63) is 28.8 Å². The van der Waals surface area contributed by atoms with E-state index in [9.17, 15) is 4.79 Å². The maximum atomic E-state index is 11.8. The van der Waals surface area contributed by atoms with Gasteiger partial charge in [-0.3, -0.25) is 9.69 Å². The molecule has 1 aromatic carbocycles. The van der Waals surface area contributed by atoms with Crippen LogP contribution in [0.2, 0.25) is 5.02 Å². The van der Waals surface area contributed by atoms with Gasteiger partial charge in [-0.05, 0) is 37.1 Å². The molecule has 1 aliphatic heterocycles. The first kappa shape index (κ1) is 18.0. The highest BCUT2D eigenvalue weighted by Crippen LogP contribution is 2.21. The molecule has 0 unspecified atom stereocenters. The molecule has 1 aromatic rings. The van der Waals surface area contributed by atoms with Gasteiger partial charge in [0.2, 0.25) is 5.91 Å². The molecule has 1 fully saturated rings. The molecule has 1 amide bonds. The van der Waals surface area contributed by atoms with Crippen LogP contribution in [0.1, 0.15) is 18.4 Å². The van der Waals surface area contributed by atoms with Crippen LogP contribution in [-0.4, -0.2) is 56.8 Å². The summed E-state index contributed by atoms with van der Waals surface area (Å²) in [5.74, 6) is 0.869. The third-order valence-electron chi connectivity index (χ3n) is 3.80. The van der Waals surface area contributed by atoms with Crippen molar-refractivity contribution in [1.29, 1.82) is 0 Å². The number of nitrogens with zero attached hydrogens (tertiary/aromatic N) is 1. The number of ether oxygens (including phenoxy) is 2. The number of hydrogen-bond donors (Lipinski definition) is 1. The van der Waals surface area contributed by atoms with Gasteiger partial charge in [0, 0.05) is 37.6 Å². The zero-order chi connectivity index (χ0) is 16.5. The van der Waals surface area contributed by atoms with Crippen LogP contribution >= 0.6 is 11.6 Å². The van der Waals surface area contributed by atoms with Crippen molar-refractivity contribution >= 4 is 17.5 Å². The quantitative estimate of drug-likeness (QED) is 0.737. The fourth-order valence-electron chi connectivity index (χ4n) is 2.40. The number of morpholine rings is 1. The molecule has 128 valence electrons. The van der Waals surface area contributed by atoms with Crippen molar-refractivity contribution in [2.24, 2.45) is 0 Å². The van der Waals surface area contributed by atoms with E-state index in [1.807, 2.05) is 25.1 Å². The molecule has 1 heterocycles. The number of aryl methyl sites for hydroxylation is 1. The molecule has 0 atom stereocenters. The van der Waals surface area contributed by atoms with Crippen LogP contribution in [0.25, 0.3) is 0 Å². The number of hydrogen-bond acceptors (Lipinski definition) is 4. The summed E-state index contributed by atoms with van der Waals surface area (Å²) in [5, 5.41) is 3.68. The lowest BCUT2D eigenvalue weighted by molar-refractivity contribution is -0.121. The Morgan fingerprint density at radius 3 is 2.91 bits per heavy atom. The second kappa shape index (κ2) is 9.75. The molecule has 1 aliphatic rings. The zero-order valence-corrected chi connectivity index (χ0v) is 14.4. The van der Waals surface area contributed by atoms with Crippen molar-refractivity contribution in [1.82, 2.24) is 10.2 Å². The number of amides is 1. The molecule has 1 saturated heterocycles. The molecule has 0 radical (unpaired) electrons. The first-order valence-electron chi connectivity index (χ1n) is 8.11. The minimum Gasteiger partial charge on any atom is -0.494 e. The highest BCUT2D eigenvalue weighted by Gasteiger charge is 2.10. The highest BCUT2D eigenvalue weighted by molar-refractivity contribution is 6.31. The van der Waals surface area contributed by atoms with Crippen LogP contribution in [0, 0.1) is 6.92 Å². The Morgan fingerprint density at radius 2 is 2.17 bits per heavy atom. The fourth-order valence-corrected chi connectivity index (χ4v) is 2.51. The molecule has 5 nitrogen and oxygen atoms in total. The third kappa shape index (κ3) is 6.77. The van der Waals surface area contributed by atoms with Crippen molar-refractivity contribution < 1.29 is 14.3 Å². The predicted octanol–water partition coefficient (Wildman–Crippen LogP) is 2.26. The zero-order valence-electron chi connectivity index (χ0n) is 13.6. The van der Waals surface area contributed by atoms with Gasteiger partial charge in [0.1, 0.15) is 5.75 Å². The van der Waals surface area contributed by atoms with Crippen LogP contribution in [-0.2, 0) is 9.53 Å². The van der Waals surface area contributed by atoms with Crippen LogP contribution < -0.4 is 10.1 Å². The van der Waals surface area contributed by atoms with Crippen LogP contribution in [0.15, 0.2) is 18.2 Å². The summed E-state index contributed by atoms with van der Waals surface area (Å²) >= 11 is 5.97. The number of carbonyl (C=O) groups is 1. The van der Waals surface area contributed by atoms with Gasteiger partial charge in [-0.2, -0.15) is 0 Å². The van der Waals surface area contributed by atoms with E-state index in [1.165, 1.54) is 0 Å². The predicted molar refractivity (Wildman–Crippen MR) is 91.2 cm³/mol. The normalized spacial score (nSPS) is 15.4. The van der Waals surface area contributed by atoms with Gasteiger partial charge in [0.25, 0.3) is 0 Å². The lowest BCUT2D eigenvalue weighted by Gasteiger charge is -2.26. The molecule has 6 heteroatoms. The summed E-state index contributed by atoms with van der Waals surface area (Å²) in [4.78, 5) is 14.1. The topological polar surface area (TPSA) is 50.8 Å². The summed E-state index contributed by atoms with van der Waals surface area (Å²) in [6, 6.07) is 5.58. The van der Waals surface area contributed by atoms with Gasteiger partial charge in [-0.15, -0.1) is 0 Å². The molecule has 0 aliphatic carbocycles. The average molecular weight is 341 g/mol.